The van der Waals surface area contributed by atoms with E-state index in [1.807, 2.05) is 0 Å². The molecule has 152 valence electrons. The van der Waals surface area contributed by atoms with E-state index in [0.717, 1.165) is 23.7 Å². The van der Waals surface area contributed by atoms with Crippen LogP contribution < -0.4 is 0 Å². The van der Waals surface area contributed by atoms with Crippen molar-refractivity contribution in [2.45, 2.75) is 94.0 Å². The Morgan fingerprint density at radius 2 is 1.68 bits per heavy atom. The van der Waals surface area contributed by atoms with Crippen LogP contribution in [0.25, 0.3) is 0 Å². The quantitative estimate of drug-likeness (QED) is 0.236. The van der Waals surface area contributed by atoms with Crippen molar-refractivity contribution < 1.29 is 0 Å². The van der Waals surface area contributed by atoms with E-state index in [4.69, 9.17) is 6.30 Å². The Labute approximate surface area is 174 Å². The molecule has 2 fully saturated rings. The number of unbranched alkanes of at least 4 members (excludes halogenated alkanes) is 2. The van der Waals surface area contributed by atoms with Gasteiger partial charge in [-0.25, -0.2) is 0 Å². The highest BCUT2D eigenvalue weighted by molar-refractivity contribution is 7.56. The average Bonchev–Trinajstić information content (AvgIpc) is 3.36. The lowest BCUT2D eigenvalue weighted by Crippen LogP contribution is -2.42. The van der Waals surface area contributed by atoms with E-state index in [-0.39, 0.29) is 7.55 Å². The highest BCUT2D eigenvalue weighted by Gasteiger charge is 2.60. The second-order valence-corrected chi connectivity index (χ2v) is 12.1. The molecule has 3 aliphatic rings. The van der Waals surface area contributed by atoms with E-state index >= 15 is 0 Å². The van der Waals surface area contributed by atoms with Gasteiger partial charge in [-0.1, -0.05) is 56.0 Å². The lowest BCUT2D eigenvalue weighted by molar-refractivity contribution is 0.202. The Kier molecular flexibility index (Phi) is 6.46. The van der Waals surface area contributed by atoms with Gasteiger partial charge in [-0.05, 0) is 74.3 Å². The van der Waals surface area contributed by atoms with Crippen LogP contribution in [0.5, 0.6) is 0 Å². The SMILES string of the molecule is C=CCCCCC(C1CCCC1)(C1c2ccccc2C2CCCCC21)[P+](=C)C. The van der Waals surface area contributed by atoms with Crippen LogP contribution in [0.15, 0.2) is 36.9 Å². The first-order chi connectivity index (χ1) is 13.7. The molecule has 28 heavy (non-hydrogen) atoms. The van der Waals surface area contributed by atoms with Crippen molar-refractivity contribution in [3.63, 3.8) is 0 Å². The third kappa shape index (κ3) is 3.45. The van der Waals surface area contributed by atoms with Crippen molar-refractivity contribution in [1.29, 1.82) is 0 Å². The fourth-order valence-corrected chi connectivity index (χ4v) is 9.65. The average molecular weight is 396 g/mol. The van der Waals surface area contributed by atoms with Gasteiger partial charge in [-0.2, -0.15) is 0 Å². The Bertz CT molecular complexity index is 698. The maximum absolute atomic E-state index is 4.85. The summed E-state index contributed by atoms with van der Waals surface area (Å²) in [6.45, 7) is 6.49. The summed E-state index contributed by atoms with van der Waals surface area (Å²) in [5, 5.41) is 0.458. The Hall–Kier alpha value is -0.870. The molecule has 5 unspecified atom stereocenters. The molecule has 0 aromatic heterocycles. The van der Waals surface area contributed by atoms with Gasteiger partial charge in [0.2, 0.25) is 0 Å². The molecule has 3 aliphatic carbocycles. The zero-order valence-electron chi connectivity index (χ0n) is 18.0. The summed E-state index contributed by atoms with van der Waals surface area (Å²) < 4.78 is 0. The minimum Gasteiger partial charge on any atom is -0.103 e. The number of hydrogen-bond donors (Lipinski definition) is 0. The molecule has 0 amide bonds. The van der Waals surface area contributed by atoms with Gasteiger partial charge in [0.1, 0.15) is 5.16 Å². The lowest BCUT2D eigenvalue weighted by atomic mass is 9.66. The van der Waals surface area contributed by atoms with E-state index in [0.29, 0.717) is 5.16 Å². The second kappa shape index (κ2) is 8.87. The maximum Gasteiger partial charge on any atom is 0.135 e. The highest BCUT2D eigenvalue weighted by atomic mass is 31.1. The molecule has 0 N–H and O–H groups in total. The molecule has 0 heterocycles. The first-order valence-electron chi connectivity index (χ1n) is 11.9. The summed E-state index contributed by atoms with van der Waals surface area (Å²) in [5.41, 5.74) is 3.47. The molecule has 2 saturated carbocycles. The molecule has 0 radical (unpaired) electrons. The van der Waals surface area contributed by atoms with E-state index in [1.54, 1.807) is 11.1 Å². The Balaban J connectivity index is 1.78. The molecule has 4 rings (SSSR count). The molecule has 0 saturated heterocycles. The summed E-state index contributed by atoms with van der Waals surface area (Å²) in [6.07, 6.45) is 23.8. The summed E-state index contributed by atoms with van der Waals surface area (Å²) in [4.78, 5) is 0. The lowest BCUT2D eigenvalue weighted by Gasteiger charge is -2.43. The zero-order chi connectivity index (χ0) is 19.6. The summed E-state index contributed by atoms with van der Waals surface area (Å²) in [7, 11) is -0.224. The van der Waals surface area contributed by atoms with Crippen LogP contribution in [-0.2, 0) is 0 Å². The molecule has 5 atom stereocenters. The summed E-state index contributed by atoms with van der Waals surface area (Å²) in [5.74, 6) is 3.40. The van der Waals surface area contributed by atoms with Gasteiger partial charge in [0.05, 0.1) is 20.5 Å². The third-order valence-electron chi connectivity index (χ3n) is 8.52. The standard InChI is InChI=1S/C27H40P/c1-4-5-6-13-20-27(28(2)3,21-14-7-8-15-21)26-24-18-11-9-16-22(24)23-17-10-12-19-25(23)26/h4,9,11,16,18,21,23,25-26H,1-2,5-8,10,12-15,17,19-20H2,3H3/q+1. The summed E-state index contributed by atoms with van der Waals surface area (Å²) in [6, 6.07) is 9.62. The van der Waals surface area contributed by atoms with Gasteiger partial charge in [0.15, 0.2) is 0 Å². The molecule has 1 aromatic rings. The van der Waals surface area contributed by atoms with Gasteiger partial charge < -0.3 is 0 Å². The smallest absolute Gasteiger partial charge is 0.103 e. The molecule has 0 bridgehead atoms. The van der Waals surface area contributed by atoms with Crippen LogP contribution in [0.1, 0.15) is 100 Å². The molecule has 1 aromatic carbocycles. The molecule has 0 aliphatic heterocycles. The van der Waals surface area contributed by atoms with Crippen LogP contribution in [0.3, 0.4) is 0 Å². The zero-order valence-corrected chi connectivity index (χ0v) is 18.9. The van der Waals surface area contributed by atoms with Crippen LogP contribution in [0, 0.1) is 11.8 Å². The van der Waals surface area contributed by atoms with E-state index in [9.17, 15) is 0 Å². The number of rotatable bonds is 8. The van der Waals surface area contributed by atoms with E-state index in [2.05, 4.69) is 43.6 Å². The monoisotopic (exact) mass is 395 g/mol. The van der Waals surface area contributed by atoms with Gasteiger partial charge in [-0.15, -0.1) is 6.58 Å². The number of fused-ring (bicyclic) bond motifs is 3. The minimum atomic E-state index is -0.224. The van der Waals surface area contributed by atoms with E-state index in [1.165, 1.54) is 77.0 Å². The van der Waals surface area contributed by atoms with Crippen molar-refractivity contribution in [3.8, 4) is 0 Å². The van der Waals surface area contributed by atoms with Gasteiger partial charge in [0, 0.05) is 11.8 Å². The topological polar surface area (TPSA) is 0 Å². The largest absolute Gasteiger partial charge is 0.135 e. The first kappa shape index (κ1) is 20.4. The number of benzene rings is 1. The van der Waals surface area contributed by atoms with Crippen molar-refractivity contribution >= 4 is 13.8 Å². The van der Waals surface area contributed by atoms with Crippen LogP contribution >= 0.6 is 7.55 Å². The fraction of sp³-hybridized carbons (Fsp3) is 0.667. The predicted octanol–water partition coefficient (Wildman–Crippen LogP) is 8.28. The van der Waals surface area contributed by atoms with Crippen molar-refractivity contribution in [2.24, 2.45) is 11.8 Å². The normalized spacial score (nSPS) is 29.8. The second-order valence-electron chi connectivity index (χ2n) is 9.87. The van der Waals surface area contributed by atoms with Gasteiger partial charge in [-0.3, -0.25) is 0 Å². The predicted molar refractivity (Wildman–Crippen MR) is 127 cm³/mol. The molecular weight excluding hydrogens is 355 g/mol. The summed E-state index contributed by atoms with van der Waals surface area (Å²) >= 11 is 0. The van der Waals surface area contributed by atoms with Crippen LogP contribution in [-0.4, -0.2) is 18.1 Å². The molecule has 0 nitrogen and oxygen atoms in total. The highest BCUT2D eigenvalue weighted by Crippen LogP contribution is 2.67. The molecule has 0 spiro atoms. The van der Waals surface area contributed by atoms with Crippen LogP contribution in [0.4, 0.5) is 0 Å². The van der Waals surface area contributed by atoms with Crippen molar-refractivity contribution in [3.05, 3.63) is 48.0 Å². The maximum atomic E-state index is 4.85. The fourth-order valence-electron chi connectivity index (χ4n) is 7.42. The van der Waals surface area contributed by atoms with E-state index < -0.39 is 0 Å². The first-order valence-corrected chi connectivity index (χ1v) is 13.9. The molecule has 1 heteroatoms. The Morgan fingerprint density at radius 1 is 1.00 bits per heavy atom. The minimum absolute atomic E-state index is 0.224. The molecular formula is C27H40P+. The van der Waals surface area contributed by atoms with Crippen LogP contribution in [0.2, 0.25) is 0 Å². The number of allylic oxidation sites excluding steroid dienone is 1. The Morgan fingerprint density at radius 3 is 2.39 bits per heavy atom. The van der Waals surface area contributed by atoms with Gasteiger partial charge in [0.25, 0.3) is 0 Å². The van der Waals surface area contributed by atoms with Gasteiger partial charge >= 0.3 is 0 Å². The van der Waals surface area contributed by atoms with Crippen molar-refractivity contribution in [1.82, 2.24) is 0 Å². The van der Waals surface area contributed by atoms with Crippen molar-refractivity contribution in [2.75, 3.05) is 6.66 Å². The number of hydrogen-bond acceptors (Lipinski definition) is 0. The third-order valence-corrected chi connectivity index (χ3v) is 10.8.